The van der Waals surface area contributed by atoms with Crippen LogP contribution in [0.1, 0.15) is 29.2 Å². The largest absolute Gasteiger partial charge is 0.378 e. The maximum atomic E-state index is 5.11. The molecular formula is C15H20N2OS. The van der Waals surface area contributed by atoms with Crippen LogP contribution in [0.25, 0.3) is 0 Å². The van der Waals surface area contributed by atoms with Crippen molar-refractivity contribution in [3.8, 4) is 0 Å². The van der Waals surface area contributed by atoms with Crippen LogP contribution in [0.3, 0.4) is 0 Å². The Hall–Kier alpha value is -1.23. The molecular weight excluding hydrogens is 256 g/mol. The third kappa shape index (κ3) is 4.13. The smallest absolute Gasteiger partial charge is 0.119 e. The van der Waals surface area contributed by atoms with Crippen molar-refractivity contribution in [1.82, 2.24) is 10.3 Å². The van der Waals surface area contributed by atoms with Crippen LogP contribution in [0.4, 0.5) is 0 Å². The summed E-state index contributed by atoms with van der Waals surface area (Å²) in [4.78, 5) is 4.60. The highest BCUT2D eigenvalue weighted by atomic mass is 32.1. The molecule has 0 aliphatic carbocycles. The number of hydrogen-bond acceptors (Lipinski definition) is 4. The number of methoxy groups -OCH3 is 1. The SMILES string of the molecule is CCNC(Cc1csc(COC)n1)c1ccccc1. The van der Waals surface area contributed by atoms with E-state index in [0.29, 0.717) is 12.6 Å². The van der Waals surface area contributed by atoms with Crippen molar-refractivity contribution in [3.63, 3.8) is 0 Å². The molecule has 4 heteroatoms. The van der Waals surface area contributed by atoms with Crippen LogP contribution in [0.5, 0.6) is 0 Å². The molecule has 0 aliphatic rings. The van der Waals surface area contributed by atoms with Gasteiger partial charge in [0.1, 0.15) is 5.01 Å². The van der Waals surface area contributed by atoms with Crippen LogP contribution in [-0.4, -0.2) is 18.6 Å². The van der Waals surface area contributed by atoms with Crippen LogP contribution in [0, 0.1) is 0 Å². The molecule has 0 amide bonds. The monoisotopic (exact) mass is 276 g/mol. The molecule has 0 spiro atoms. The molecule has 0 saturated heterocycles. The van der Waals surface area contributed by atoms with E-state index in [9.17, 15) is 0 Å². The number of ether oxygens (including phenoxy) is 1. The molecule has 1 aromatic heterocycles. The topological polar surface area (TPSA) is 34.1 Å². The fraction of sp³-hybridized carbons (Fsp3) is 0.400. The van der Waals surface area contributed by atoms with Gasteiger partial charge in [-0.25, -0.2) is 4.98 Å². The van der Waals surface area contributed by atoms with Gasteiger partial charge in [-0.3, -0.25) is 0 Å². The van der Waals surface area contributed by atoms with Gasteiger partial charge in [0.2, 0.25) is 0 Å². The minimum absolute atomic E-state index is 0.323. The summed E-state index contributed by atoms with van der Waals surface area (Å²) in [6.45, 7) is 3.68. The van der Waals surface area contributed by atoms with Gasteiger partial charge in [0.15, 0.2) is 0 Å². The lowest BCUT2D eigenvalue weighted by atomic mass is 10.0. The first kappa shape index (κ1) is 14.2. The predicted octanol–water partition coefficient (Wildman–Crippen LogP) is 3.18. The average molecular weight is 276 g/mol. The van der Waals surface area contributed by atoms with Gasteiger partial charge < -0.3 is 10.1 Å². The first-order chi connectivity index (χ1) is 9.33. The number of hydrogen-bond donors (Lipinski definition) is 1. The van der Waals surface area contributed by atoms with Crippen LogP contribution >= 0.6 is 11.3 Å². The molecule has 3 nitrogen and oxygen atoms in total. The summed E-state index contributed by atoms with van der Waals surface area (Å²) in [5, 5.41) is 6.69. The van der Waals surface area contributed by atoms with E-state index in [2.05, 4.69) is 46.9 Å². The molecule has 1 atom stereocenters. The Balaban J connectivity index is 2.07. The second kappa shape index (κ2) is 7.38. The number of nitrogens with zero attached hydrogens (tertiary/aromatic N) is 1. The highest BCUT2D eigenvalue weighted by molar-refractivity contribution is 7.09. The highest BCUT2D eigenvalue weighted by Crippen LogP contribution is 2.20. The third-order valence-electron chi connectivity index (χ3n) is 2.93. The summed E-state index contributed by atoms with van der Waals surface area (Å²) in [6, 6.07) is 10.9. The Morgan fingerprint density at radius 1 is 1.32 bits per heavy atom. The Morgan fingerprint density at radius 2 is 2.11 bits per heavy atom. The van der Waals surface area contributed by atoms with E-state index in [1.165, 1.54) is 5.56 Å². The van der Waals surface area contributed by atoms with Crippen LogP contribution in [0.2, 0.25) is 0 Å². The number of likely N-dealkylation sites (N-methyl/N-ethyl adjacent to an activating group) is 1. The van der Waals surface area contributed by atoms with Gasteiger partial charge in [-0.15, -0.1) is 11.3 Å². The van der Waals surface area contributed by atoms with Gasteiger partial charge >= 0.3 is 0 Å². The van der Waals surface area contributed by atoms with Gasteiger partial charge in [-0.1, -0.05) is 37.3 Å². The average Bonchev–Trinajstić information content (AvgIpc) is 2.87. The maximum absolute atomic E-state index is 5.11. The fourth-order valence-electron chi connectivity index (χ4n) is 2.08. The number of nitrogens with one attached hydrogen (secondary N) is 1. The van der Waals surface area contributed by atoms with E-state index >= 15 is 0 Å². The summed E-state index contributed by atoms with van der Waals surface area (Å²) >= 11 is 1.67. The van der Waals surface area contributed by atoms with Gasteiger partial charge in [-0.2, -0.15) is 0 Å². The zero-order chi connectivity index (χ0) is 13.5. The molecule has 2 rings (SSSR count). The number of rotatable bonds is 7. The molecule has 0 saturated carbocycles. The van der Waals surface area contributed by atoms with E-state index in [4.69, 9.17) is 4.74 Å². The second-order valence-electron chi connectivity index (χ2n) is 4.39. The molecule has 0 aliphatic heterocycles. The van der Waals surface area contributed by atoms with E-state index in [1.54, 1.807) is 18.4 Å². The van der Waals surface area contributed by atoms with Crippen molar-refractivity contribution in [1.29, 1.82) is 0 Å². The first-order valence-corrected chi connectivity index (χ1v) is 7.42. The normalized spacial score (nSPS) is 12.5. The zero-order valence-corrected chi connectivity index (χ0v) is 12.2. The molecule has 1 heterocycles. The summed E-state index contributed by atoms with van der Waals surface area (Å²) in [6.07, 6.45) is 0.915. The standard InChI is InChI=1S/C15H20N2OS/c1-3-16-14(12-7-5-4-6-8-12)9-13-11-19-15(17-13)10-18-2/h4-8,11,14,16H,3,9-10H2,1-2H3. The third-order valence-corrected chi connectivity index (χ3v) is 3.80. The van der Waals surface area contributed by atoms with Crippen molar-refractivity contribution >= 4 is 11.3 Å². The van der Waals surface area contributed by atoms with Crippen molar-refractivity contribution in [3.05, 3.63) is 52.0 Å². The minimum atomic E-state index is 0.323. The number of benzene rings is 1. The Bertz CT molecular complexity index is 484. The molecule has 19 heavy (non-hydrogen) atoms. The Morgan fingerprint density at radius 3 is 2.79 bits per heavy atom. The van der Waals surface area contributed by atoms with E-state index in [0.717, 1.165) is 23.7 Å². The molecule has 1 unspecified atom stereocenters. The lowest BCUT2D eigenvalue weighted by molar-refractivity contribution is 0.184. The number of thiazole rings is 1. The fourth-order valence-corrected chi connectivity index (χ4v) is 2.86. The van der Waals surface area contributed by atoms with E-state index < -0.39 is 0 Å². The summed E-state index contributed by atoms with van der Waals surface area (Å²) in [5.41, 5.74) is 2.44. The van der Waals surface area contributed by atoms with Gasteiger partial charge in [0, 0.05) is 25.0 Å². The van der Waals surface area contributed by atoms with Gasteiger partial charge in [-0.05, 0) is 12.1 Å². The van der Waals surface area contributed by atoms with E-state index in [1.807, 2.05) is 6.07 Å². The van der Waals surface area contributed by atoms with Crippen LogP contribution in [-0.2, 0) is 17.8 Å². The van der Waals surface area contributed by atoms with E-state index in [-0.39, 0.29) is 0 Å². The predicted molar refractivity (Wildman–Crippen MR) is 79.4 cm³/mol. The quantitative estimate of drug-likeness (QED) is 0.843. The first-order valence-electron chi connectivity index (χ1n) is 6.54. The lowest BCUT2D eigenvalue weighted by Crippen LogP contribution is -2.23. The molecule has 102 valence electrons. The molecule has 1 N–H and O–H groups in total. The Kier molecular flexibility index (Phi) is 5.51. The summed E-state index contributed by atoms with van der Waals surface area (Å²) in [7, 11) is 1.70. The molecule has 2 aromatic rings. The van der Waals surface area contributed by atoms with Crippen LogP contribution < -0.4 is 5.32 Å². The van der Waals surface area contributed by atoms with Gasteiger partial charge in [0.25, 0.3) is 0 Å². The van der Waals surface area contributed by atoms with Crippen molar-refractivity contribution < 1.29 is 4.74 Å². The zero-order valence-electron chi connectivity index (χ0n) is 11.4. The van der Waals surface area contributed by atoms with Crippen LogP contribution in [0.15, 0.2) is 35.7 Å². The van der Waals surface area contributed by atoms with Gasteiger partial charge in [0.05, 0.1) is 12.3 Å². The number of aromatic nitrogens is 1. The Labute approximate surface area is 118 Å². The maximum Gasteiger partial charge on any atom is 0.119 e. The van der Waals surface area contributed by atoms with Crippen molar-refractivity contribution in [2.24, 2.45) is 0 Å². The summed E-state index contributed by atoms with van der Waals surface area (Å²) in [5.74, 6) is 0. The van der Waals surface area contributed by atoms with Crippen molar-refractivity contribution in [2.45, 2.75) is 26.0 Å². The molecule has 0 fully saturated rings. The molecule has 1 aromatic carbocycles. The summed E-state index contributed by atoms with van der Waals surface area (Å²) < 4.78 is 5.11. The molecule has 0 radical (unpaired) electrons. The second-order valence-corrected chi connectivity index (χ2v) is 5.33. The lowest BCUT2D eigenvalue weighted by Gasteiger charge is -2.17. The van der Waals surface area contributed by atoms with Crippen molar-refractivity contribution in [2.75, 3.05) is 13.7 Å². The minimum Gasteiger partial charge on any atom is -0.378 e. The molecule has 0 bridgehead atoms. The highest BCUT2D eigenvalue weighted by Gasteiger charge is 2.12.